The number of nitrogens with zero attached hydrogens (tertiary/aromatic N) is 3. The maximum Gasteiger partial charge on any atom is 0.447 e. The zero-order valence-electron chi connectivity index (χ0n) is 17.7. The molecule has 158 valence electrons. The van der Waals surface area contributed by atoms with Gasteiger partial charge in [-0.15, -0.1) is 4.74 Å². The van der Waals surface area contributed by atoms with Crippen LogP contribution >= 0.6 is 24.0 Å². The lowest BCUT2D eigenvalue weighted by Crippen LogP contribution is -2.47. The maximum atomic E-state index is 13.5. The molecule has 1 fully saturated rings. The maximum absolute atomic E-state index is 13.5. The van der Waals surface area contributed by atoms with E-state index in [0.29, 0.717) is 15.9 Å². The third-order valence-corrected chi connectivity index (χ3v) is 7.40. The summed E-state index contributed by atoms with van der Waals surface area (Å²) in [4.78, 5) is 28.4. The number of aromatic nitrogens is 2. The Balaban J connectivity index is 1.92. The van der Waals surface area contributed by atoms with Crippen molar-refractivity contribution in [1.29, 1.82) is 0 Å². The molecule has 4 rings (SSSR count). The lowest BCUT2D eigenvalue weighted by Gasteiger charge is -2.36. The molecule has 30 heavy (non-hydrogen) atoms. The highest BCUT2D eigenvalue weighted by Gasteiger charge is 2.50. The van der Waals surface area contributed by atoms with E-state index in [1.807, 2.05) is 55.1 Å². The van der Waals surface area contributed by atoms with Gasteiger partial charge in [0.15, 0.2) is 6.17 Å². The van der Waals surface area contributed by atoms with Crippen LogP contribution in [0.2, 0.25) is 0 Å². The molecule has 2 unspecified atom stereocenters. The second kappa shape index (κ2) is 7.42. The summed E-state index contributed by atoms with van der Waals surface area (Å²) in [6.45, 7) is 10.3. The first-order valence-corrected chi connectivity index (χ1v) is 11.2. The van der Waals surface area contributed by atoms with Crippen molar-refractivity contribution in [2.75, 3.05) is 0 Å². The molecule has 0 bridgehead atoms. The van der Waals surface area contributed by atoms with Gasteiger partial charge in [-0.2, -0.15) is 4.57 Å². The van der Waals surface area contributed by atoms with E-state index in [1.165, 1.54) is 16.5 Å². The fourth-order valence-electron chi connectivity index (χ4n) is 3.97. The molecule has 1 aliphatic heterocycles. The van der Waals surface area contributed by atoms with Crippen LogP contribution in [0.5, 0.6) is 0 Å². The molecule has 0 radical (unpaired) electrons. The van der Waals surface area contributed by atoms with Crippen LogP contribution in [0.4, 0.5) is 0 Å². The van der Waals surface area contributed by atoms with Crippen LogP contribution in [-0.2, 0) is 0 Å². The minimum atomic E-state index is -0.702. The minimum Gasteiger partial charge on any atom is -0.330 e. The molecule has 8 heteroatoms. The molecule has 1 aliphatic rings. The van der Waals surface area contributed by atoms with Crippen molar-refractivity contribution in [3.63, 3.8) is 0 Å². The molecule has 1 saturated heterocycles. The van der Waals surface area contributed by atoms with Gasteiger partial charge in [-0.3, -0.25) is 0 Å². The molecule has 2 atom stereocenters. The van der Waals surface area contributed by atoms with Crippen LogP contribution < -0.4 is 11.4 Å². The molecule has 3 aromatic rings. The van der Waals surface area contributed by atoms with Gasteiger partial charge in [0, 0.05) is 11.4 Å². The molecule has 0 saturated carbocycles. The molecule has 0 spiro atoms. The largest absolute Gasteiger partial charge is 0.447 e. The average molecular weight is 444 g/mol. The number of benzene rings is 2. The van der Waals surface area contributed by atoms with Gasteiger partial charge in [0.25, 0.3) is 0 Å². The highest BCUT2D eigenvalue weighted by atomic mass is 32.2. The Hall–Kier alpha value is -2.32. The van der Waals surface area contributed by atoms with Gasteiger partial charge in [0.2, 0.25) is 0 Å². The Kier molecular flexibility index (Phi) is 5.18. The standard InChI is InChI=1S/C22H25N3O3S2/c1-13(2)14(3)23-18(22(4,5)30-21(23)29)25-19(26)24(20(27)28-25)17-12-8-10-15-9-6-7-11-16(15)17/h6-14,18H,1-5H3. The quantitative estimate of drug-likeness (QED) is 0.557. The predicted molar refractivity (Wildman–Crippen MR) is 126 cm³/mol. The van der Waals surface area contributed by atoms with E-state index >= 15 is 0 Å². The second-order valence-electron chi connectivity index (χ2n) is 8.54. The summed E-state index contributed by atoms with van der Waals surface area (Å²) in [5.41, 5.74) is 0.0146. The average Bonchev–Trinajstić information content (AvgIpc) is 3.10. The van der Waals surface area contributed by atoms with Crippen LogP contribution in [0.15, 0.2) is 56.6 Å². The zero-order chi connectivity index (χ0) is 21.8. The lowest BCUT2D eigenvalue weighted by atomic mass is 10.0. The van der Waals surface area contributed by atoms with Crippen molar-refractivity contribution < 1.29 is 4.52 Å². The van der Waals surface area contributed by atoms with Gasteiger partial charge in [-0.25, -0.2) is 9.59 Å². The van der Waals surface area contributed by atoms with Crippen molar-refractivity contribution in [3.05, 3.63) is 63.5 Å². The van der Waals surface area contributed by atoms with Crippen molar-refractivity contribution in [2.45, 2.75) is 51.6 Å². The van der Waals surface area contributed by atoms with Crippen LogP contribution in [0.1, 0.15) is 40.8 Å². The van der Waals surface area contributed by atoms with Crippen LogP contribution in [0, 0.1) is 5.92 Å². The molecule has 0 aliphatic carbocycles. The summed E-state index contributed by atoms with van der Waals surface area (Å²) < 4.78 is 8.16. The zero-order valence-corrected chi connectivity index (χ0v) is 19.3. The van der Waals surface area contributed by atoms with E-state index in [2.05, 4.69) is 20.8 Å². The topological polar surface area (TPSA) is 60.4 Å². The monoisotopic (exact) mass is 443 g/mol. The van der Waals surface area contributed by atoms with Gasteiger partial charge < -0.3 is 9.42 Å². The number of hydrogen-bond donors (Lipinski definition) is 0. The predicted octanol–water partition coefficient (Wildman–Crippen LogP) is 4.40. The highest BCUT2D eigenvalue weighted by molar-refractivity contribution is 8.24. The van der Waals surface area contributed by atoms with Gasteiger partial charge in [0.1, 0.15) is 4.32 Å². The Bertz CT molecular complexity index is 1230. The molecule has 6 nitrogen and oxygen atoms in total. The summed E-state index contributed by atoms with van der Waals surface area (Å²) in [6, 6.07) is 13.3. The van der Waals surface area contributed by atoms with Gasteiger partial charge >= 0.3 is 11.4 Å². The molecular formula is C22H25N3O3S2. The molecule has 2 aromatic carbocycles. The summed E-state index contributed by atoms with van der Waals surface area (Å²) in [5.74, 6) is -0.394. The molecule has 0 amide bonds. The lowest BCUT2D eigenvalue weighted by molar-refractivity contribution is 0.0586. The number of hydrogen-bond acceptors (Lipinski definition) is 5. The highest BCUT2D eigenvalue weighted by Crippen LogP contribution is 2.48. The first kappa shape index (κ1) is 20.9. The number of thiocarbonyl (C=S) groups is 1. The van der Waals surface area contributed by atoms with Crippen LogP contribution in [0.3, 0.4) is 0 Å². The summed E-state index contributed by atoms with van der Waals surface area (Å²) in [6.07, 6.45) is -0.496. The first-order chi connectivity index (χ1) is 14.1. The Morgan fingerprint density at radius 2 is 1.73 bits per heavy atom. The van der Waals surface area contributed by atoms with E-state index < -0.39 is 22.4 Å². The minimum absolute atomic E-state index is 0.0786. The van der Waals surface area contributed by atoms with Crippen molar-refractivity contribution >= 4 is 39.1 Å². The summed E-state index contributed by atoms with van der Waals surface area (Å²) >= 11 is 7.18. The summed E-state index contributed by atoms with van der Waals surface area (Å²) in [7, 11) is 0. The van der Waals surface area contributed by atoms with Crippen LogP contribution in [-0.4, -0.2) is 29.3 Å². The summed E-state index contributed by atoms with van der Waals surface area (Å²) in [5, 5.41) is 1.76. The number of thioether (sulfide) groups is 1. The second-order valence-corrected chi connectivity index (χ2v) is 10.8. The fraction of sp³-hybridized carbons (Fsp3) is 0.409. The van der Waals surface area contributed by atoms with E-state index in [0.717, 1.165) is 15.3 Å². The SMILES string of the molecule is CC(C)C(C)N1C(=S)SC(C)(C)C1n1oc(=O)n(-c2cccc3ccccc23)c1=O. The smallest absolute Gasteiger partial charge is 0.330 e. The van der Waals surface area contributed by atoms with Crippen molar-refractivity contribution in [1.82, 2.24) is 14.2 Å². The van der Waals surface area contributed by atoms with Crippen LogP contribution in [0.25, 0.3) is 16.5 Å². The van der Waals surface area contributed by atoms with Gasteiger partial charge in [0.05, 0.1) is 10.4 Å². The fourth-order valence-corrected chi connectivity index (χ4v) is 6.02. The number of rotatable bonds is 4. The van der Waals surface area contributed by atoms with E-state index in [1.54, 1.807) is 6.07 Å². The Morgan fingerprint density at radius 3 is 2.43 bits per heavy atom. The van der Waals surface area contributed by atoms with E-state index in [9.17, 15) is 9.59 Å². The molecule has 1 aromatic heterocycles. The van der Waals surface area contributed by atoms with Gasteiger partial charge in [-0.1, -0.05) is 74.2 Å². The number of fused-ring (bicyclic) bond motifs is 1. The van der Waals surface area contributed by atoms with E-state index in [4.69, 9.17) is 16.7 Å². The molecule has 2 heterocycles. The molecule has 0 N–H and O–H groups in total. The molecular weight excluding hydrogens is 418 g/mol. The first-order valence-electron chi connectivity index (χ1n) is 9.98. The Labute approximate surface area is 184 Å². The van der Waals surface area contributed by atoms with Crippen molar-refractivity contribution in [2.24, 2.45) is 5.92 Å². The van der Waals surface area contributed by atoms with Gasteiger partial charge in [-0.05, 0) is 38.1 Å². The third kappa shape index (κ3) is 3.22. The van der Waals surface area contributed by atoms with E-state index in [-0.39, 0.29) is 6.04 Å². The van der Waals surface area contributed by atoms with Crippen molar-refractivity contribution in [3.8, 4) is 5.69 Å². The Morgan fingerprint density at radius 1 is 1.07 bits per heavy atom. The normalized spacial score (nSPS) is 19.7. The third-order valence-electron chi connectivity index (χ3n) is 5.82.